The Bertz CT molecular complexity index is 791. The Morgan fingerprint density at radius 2 is 2.00 bits per heavy atom. The molecule has 138 valence electrons. The fraction of sp³-hybridized carbons (Fsp3) is 0.389. The van der Waals surface area contributed by atoms with Crippen LogP contribution in [0.15, 0.2) is 45.0 Å². The normalized spacial score (nSPS) is 22.4. The summed E-state index contributed by atoms with van der Waals surface area (Å²) in [4.78, 5) is 31.6. The van der Waals surface area contributed by atoms with Gasteiger partial charge >= 0.3 is 5.97 Å². The summed E-state index contributed by atoms with van der Waals surface area (Å²) >= 11 is 4.83. The van der Waals surface area contributed by atoms with Gasteiger partial charge in [-0.25, -0.2) is 9.79 Å². The van der Waals surface area contributed by atoms with Gasteiger partial charge in [0, 0.05) is 11.6 Å². The number of esters is 1. The number of halogens is 1. The summed E-state index contributed by atoms with van der Waals surface area (Å²) in [5, 5.41) is 0.393. The van der Waals surface area contributed by atoms with Crippen LogP contribution in [0.5, 0.6) is 0 Å². The minimum Gasteiger partial charge on any atom is -0.460 e. The zero-order valence-corrected chi connectivity index (χ0v) is 17.1. The summed E-state index contributed by atoms with van der Waals surface area (Å²) < 4.78 is 11.2. The van der Waals surface area contributed by atoms with Crippen LogP contribution in [0.25, 0.3) is 0 Å². The zero-order valence-electron chi connectivity index (χ0n) is 14.7. The molecule has 0 aliphatic carbocycles. The number of carbonyl (C=O) groups is 2. The van der Waals surface area contributed by atoms with Crippen molar-refractivity contribution in [3.63, 3.8) is 0 Å². The van der Waals surface area contributed by atoms with E-state index in [1.807, 2.05) is 31.2 Å². The number of nitrogens with zero attached hydrogens (tertiary/aromatic N) is 2. The standard InChI is InChI=1S/C18H19BrN2O4S/c1-10-14(17(23)25-9-8-24-3)15(12-4-6-13(19)7-5-12)21-16(22)11(2)26-18(21)20-10/h4-7,11,15H,8-9H2,1-3H3/t11-,15+/m1/s1. The quantitative estimate of drug-likeness (QED) is 0.521. The number of benzene rings is 1. The van der Waals surface area contributed by atoms with Crippen LogP contribution in [0, 0.1) is 0 Å². The number of allylic oxidation sites excluding steroid dienone is 1. The topological polar surface area (TPSA) is 68.2 Å². The molecule has 2 atom stereocenters. The van der Waals surface area contributed by atoms with Crippen molar-refractivity contribution >= 4 is 44.7 Å². The van der Waals surface area contributed by atoms with Crippen molar-refractivity contribution in [1.29, 1.82) is 0 Å². The van der Waals surface area contributed by atoms with E-state index in [0.29, 0.717) is 23.0 Å². The number of amides is 1. The van der Waals surface area contributed by atoms with Gasteiger partial charge in [0.25, 0.3) is 0 Å². The minimum atomic E-state index is -0.546. The van der Waals surface area contributed by atoms with Crippen molar-refractivity contribution < 1.29 is 19.1 Å². The molecule has 26 heavy (non-hydrogen) atoms. The molecule has 2 heterocycles. The third-order valence-electron chi connectivity index (χ3n) is 4.18. The van der Waals surface area contributed by atoms with Gasteiger partial charge in [-0.05, 0) is 31.5 Å². The Kier molecular flexibility index (Phi) is 5.84. The predicted octanol–water partition coefficient (Wildman–Crippen LogP) is 3.29. The van der Waals surface area contributed by atoms with Crippen molar-refractivity contribution in [2.75, 3.05) is 20.3 Å². The number of ether oxygens (including phenoxy) is 2. The van der Waals surface area contributed by atoms with Crippen LogP contribution in [-0.4, -0.2) is 47.5 Å². The van der Waals surface area contributed by atoms with Crippen LogP contribution in [-0.2, 0) is 19.1 Å². The van der Waals surface area contributed by atoms with Crippen LogP contribution in [0.3, 0.4) is 0 Å². The van der Waals surface area contributed by atoms with Crippen molar-refractivity contribution in [2.45, 2.75) is 25.1 Å². The number of amidine groups is 1. The van der Waals surface area contributed by atoms with Gasteiger partial charge in [-0.15, -0.1) is 0 Å². The molecular weight excluding hydrogens is 420 g/mol. The third kappa shape index (κ3) is 3.58. The summed E-state index contributed by atoms with van der Waals surface area (Å²) in [6.07, 6.45) is 0. The maximum Gasteiger partial charge on any atom is 0.338 e. The van der Waals surface area contributed by atoms with Crippen molar-refractivity contribution in [1.82, 2.24) is 4.90 Å². The van der Waals surface area contributed by atoms with E-state index in [2.05, 4.69) is 20.9 Å². The number of rotatable bonds is 5. The average molecular weight is 439 g/mol. The number of fused-ring (bicyclic) bond motifs is 1. The van der Waals surface area contributed by atoms with E-state index in [0.717, 1.165) is 10.0 Å². The highest BCUT2D eigenvalue weighted by molar-refractivity contribution is 9.10. The largest absolute Gasteiger partial charge is 0.460 e. The van der Waals surface area contributed by atoms with Gasteiger partial charge in [-0.3, -0.25) is 9.69 Å². The second-order valence-corrected chi connectivity index (χ2v) is 8.17. The summed E-state index contributed by atoms with van der Waals surface area (Å²) in [5.74, 6) is -0.538. The van der Waals surface area contributed by atoms with Crippen LogP contribution >= 0.6 is 27.7 Å². The molecule has 2 aliphatic heterocycles. The summed E-state index contributed by atoms with van der Waals surface area (Å²) in [5.41, 5.74) is 1.79. The molecule has 1 fully saturated rings. The van der Waals surface area contributed by atoms with Gasteiger partial charge in [-0.2, -0.15) is 0 Å². The Hall–Kier alpha value is -1.64. The Morgan fingerprint density at radius 3 is 2.65 bits per heavy atom. The number of thioether (sulfide) groups is 1. The summed E-state index contributed by atoms with van der Waals surface area (Å²) in [6.45, 7) is 4.08. The van der Waals surface area contributed by atoms with E-state index >= 15 is 0 Å². The lowest BCUT2D eigenvalue weighted by atomic mass is 9.94. The van der Waals surface area contributed by atoms with Crippen LogP contribution in [0.2, 0.25) is 0 Å². The smallest absolute Gasteiger partial charge is 0.338 e. The lowest BCUT2D eigenvalue weighted by molar-refractivity contribution is -0.141. The first kappa shape index (κ1) is 19.1. The molecule has 0 N–H and O–H groups in total. The number of hydrogen-bond donors (Lipinski definition) is 0. The third-order valence-corrected chi connectivity index (χ3v) is 5.77. The molecular formula is C18H19BrN2O4S. The molecule has 0 bridgehead atoms. The lowest BCUT2D eigenvalue weighted by Crippen LogP contribution is -2.40. The SMILES string of the molecule is COCCOC(=O)C1=C(C)N=C2S[C@H](C)C(=O)N2[C@H]1c1ccc(Br)cc1. The van der Waals surface area contributed by atoms with Crippen LogP contribution < -0.4 is 0 Å². The van der Waals surface area contributed by atoms with Gasteiger partial charge in [-0.1, -0.05) is 39.8 Å². The van der Waals surface area contributed by atoms with Gasteiger partial charge < -0.3 is 9.47 Å². The number of methoxy groups -OCH3 is 1. The Labute approximate surface area is 164 Å². The van der Waals surface area contributed by atoms with E-state index in [1.165, 1.54) is 11.8 Å². The number of carbonyl (C=O) groups excluding carboxylic acids is 2. The lowest BCUT2D eigenvalue weighted by Gasteiger charge is -2.33. The highest BCUT2D eigenvalue weighted by Crippen LogP contribution is 2.43. The fourth-order valence-electron chi connectivity index (χ4n) is 2.92. The molecule has 1 saturated heterocycles. The molecule has 0 unspecified atom stereocenters. The molecule has 0 saturated carbocycles. The zero-order chi connectivity index (χ0) is 18.8. The predicted molar refractivity (Wildman–Crippen MR) is 104 cm³/mol. The monoisotopic (exact) mass is 438 g/mol. The van der Waals surface area contributed by atoms with E-state index in [-0.39, 0.29) is 17.8 Å². The molecule has 1 aromatic rings. The van der Waals surface area contributed by atoms with Crippen molar-refractivity contribution in [3.8, 4) is 0 Å². The van der Waals surface area contributed by atoms with Crippen LogP contribution in [0.1, 0.15) is 25.5 Å². The molecule has 6 nitrogen and oxygen atoms in total. The highest BCUT2D eigenvalue weighted by Gasteiger charge is 2.46. The molecule has 1 amide bonds. The molecule has 8 heteroatoms. The van der Waals surface area contributed by atoms with Gasteiger partial charge in [0.15, 0.2) is 5.17 Å². The molecule has 0 aromatic heterocycles. The van der Waals surface area contributed by atoms with E-state index in [9.17, 15) is 9.59 Å². The molecule has 3 rings (SSSR count). The second-order valence-electron chi connectivity index (χ2n) is 5.94. The maximum atomic E-state index is 12.8. The molecule has 1 aromatic carbocycles. The highest BCUT2D eigenvalue weighted by atomic mass is 79.9. The Morgan fingerprint density at radius 1 is 1.31 bits per heavy atom. The van der Waals surface area contributed by atoms with E-state index in [1.54, 1.807) is 18.9 Å². The van der Waals surface area contributed by atoms with Gasteiger partial charge in [0.2, 0.25) is 5.91 Å². The number of aliphatic imine (C=N–C) groups is 1. The van der Waals surface area contributed by atoms with Crippen LogP contribution in [0.4, 0.5) is 0 Å². The fourth-order valence-corrected chi connectivity index (χ4v) is 4.21. The van der Waals surface area contributed by atoms with Gasteiger partial charge in [0.1, 0.15) is 6.61 Å². The van der Waals surface area contributed by atoms with Gasteiger partial charge in [0.05, 0.1) is 29.2 Å². The second kappa shape index (κ2) is 7.94. The van der Waals surface area contributed by atoms with E-state index < -0.39 is 12.0 Å². The average Bonchev–Trinajstić information content (AvgIpc) is 2.88. The molecule has 0 radical (unpaired) electrons. The first-order chi connectivity index (χ1) is 12.4. The summed E-state index contributed by atoms with van der Waals surface area (Å²) in [7, 11) is 1.54. The van der Waals surface area contributed by atoms with Crippen molar-refractivity contribution in [3.05, 3.63) is 45.6 Å². The minimum absolute atomic E-state index is 0.0589. The maximum absolute atomic E-state index is 12.8. The number of hydrogen-bond acceptors (Lipinski definition) is 6. The first-order valence-corrected chi connectivity index (χ1v) is 9.82. The first-order valence-electron chi connectivity index (χ1n) is 8.14. The van der Waals surface area contributed by atoms with E-state index in [4.69, 9.17) is 9.47 Å². The summed E-state index contributed by atoms with van der Waals surface area (Å²) in [6, 6.07) is 7.03. The Balaban J connectivity index is 2.03. The molecule has 0 spiro atoms. The molecule has 2 aliphatic rings. The van der Waals surface area contributed by atoms with Crippen molar-refractivity contribution in [2.24, 2.45) is 4.99 Å².